The maximum absolute atomic E-state index is 12.1. The number of aromatic nitrogens is 1. The Morgan fingerprint density at radius 1 is 1.33 bits per heavy atom. The van der Waals surface area contributed by atoms with Gasteiger partial charge in [-0.05, 0) is 30.7 Å². The SMILES string of the molecule is Cc1cc(Cl)ccc1OCC(=O)Nc1nc(-c2cccc([N+](=O)[O-])c2)cs1. The summed E-state index contributed by atoms with van der Waals surface area (Å²) in [6, 6.07) is 11.3. The number of rotatable bonds is 6. The summed E-state index contributed by atoms with van der Waals surface area (Å²) in [6.07, 6.45) is 0. The molecule has 3 aromatic rings. The van der Waals surface area contributed by atoms with Gasteiger partial charge in [0, 0.05) is 28.1 Å². The molecule has 7 nitrogen and oxygen atoms in total. The van der Waals surface area contributed by atoms with Gasteiger partial charge in [-0.25, -0.2) is 4.98 Å². The fraction of sp³-hybridized carbons (Fsp3) is 0.111. The second-order valence-corrected chi connectivity index (χ2v) is 6.89. The molecule has 0 radical (unpaired) electrons. The minimum absolute atomic E-state index is 0.0159. The zero-order valence-electron chi connectivity index (χ0n) is 14.1. The van der Waals surface area contributed by atoms with E-state index in [-0.39, 0.29) is 18.2 Å². The normalized spacial score (nSPS) is 10.4. The predicted molar refractivity (Wildman–Crippen MR) is 105 cm³/mol. The fourth-order valence-electron chi connectivity index (χ4n) is 2.32. The minimum Gasteiger partial charge on any atom is -0.483 e. The molecule has 2 aromatic carbocycles. The topological polar surface area (TPSA) is 94.4 Å². The van der Waals surface area contributed by atoms with E-state index in [4.69, 9.17) is 16.3 Å². The number of non-ortho nitro benzene ring substituents is 1. The van der Waals surface area contributed by atoms with Crippen molar-refractivity contribution in [3.05, 3.63) is 68.5 Å². The molecule has 0 spiro atoms. The van der Waals surface area contributed by atoms with Gasteiger partial charge in [0.25, 0.3) is 11.6 Å². The fourth-order valence-corrected chi connectivity index (χ4v) is 3.28. The minimum atomic E-state index is -0.464. The summed E-state index contributed by atoms with van der Waals surface area (Å²) in [7, 11) is 0. The molecule has 0 fully saturated rings. The number of nitrogens with one attached hydrogen (secondary N) is 1. The molecule has 1 aromatic heterocycles. The van der Waals surface area contributed by atoms with Gasteiger partial charge in [-0.15, -0.1) is 11.3 Å². The van der Waals surface area contributed by atoms with E-state index in [1.807, 2.05) is 6.92 Å². The van der Waals surface area contributed by atoms with Gasteiger partial charge in [0.2, 0.25) is 0 Å². The number of nitro groups is 1. The first-order valence-electron chi connectivity index (χ1n) is 7.81. The van der Waals surface area contributed by atoms with E-state index in [1.54, 1.807) is 35.7 Å². The van der Waals surface area contributed by atoms with Crippen molar-refractivity contribution in [3.63, 3.8) is 0 Å². The Morgan fingerprint density at radius 2 is 2.15 bits per heavy atom. The Hall–Kier alpha value is -2.97. The van der Waals surface area contributed by atoms with Crippen LogP contribution in [0.25, 0.3) is 11.3 Å². The van der Waals surface area contributed by atoms with E-state index in [9.17, 15) is 14.9 Å². The highest BCUT2D eigenvalue weighted by Gasteiger charge is 2.12. The Bertz CT molecular complexity index is 1010. The van der Waals surface area contributed by atoms with Crippen LogP contribution in [0.5, 0.6) is 5.75 Å². The summed E-state index contributed by atoms with van der Waals surface area (Å²) in [5.74, 6) is 0.218. The molecular weight excluding hydrogens is 390 g/mol. The van der Waals surface area contributed by atoms with Crippen molar-refractivity contribution >= 4 is 39.7 Å². The molecule has 0 aliphatic rings. The van der Waals surface area contributed by atoms with Gasteiger partial charge >= 0.3 is 0 Å². The van der Waals surface area contributed by atoms with E-state index in [2.05, 4.69) is 10.3 Å². The largest absolute Gasteiger partial charge is 0.483 e. The lowest BCUT2D eigenvalue weighted by molar-refractivity contribution is -0.384. The number of carbonyl (C=O) groups is 1. The lowest BCUT2D eigenvalue weighted by Crippen LogP contribution is -2.20. The standard InChI is InChI=1S/C18H14ClN3O4S/c1-11-7-13(19)5-6-16(11)26-9-17(23)21-18-20-15(10-27-18)12-3-2-4-14(8-12)22(24)25/h2-8,10H,9H2,1H3,(H,20,21,23). The van der Waals surface area contributed by atoms with Crippen molar-refractivity contribution in [1.29, 1.82) is 0 Å². The summed E-state index contributed by atoms with van der Waals surface area (Å²) in [5, 5.41) is 16.2. The summed E-state index contributed by atoms with van der Waals surface area (Å²) in [6.45, 7) is 1.67. The van der Waals surface area contributed by atoms with Crippen LogP contribution in [0.2, 0.25) is 5.02 Å². The number of aryl methyl sites for hydroxylation is 1. The molecule has 3 rings (SSSR count). The van der Waals surface area contributed by atoms with Crippen molar-refractivity contribution in [1.82, 2.24) is 4.98 Å². The zero-order valence-corrected chi connectivity index (χ0v) is 15.7. The van der Waals surface area contributed by atoms with Crippen LogP contribution in [0, 0.1) is 17.0 Å². The molecule has 9 heteroatoms. The van der Waals surface area contributed by atoms with Crippen molar-refractivity contribution < 1.29 is 14.5 Å². The van der Waals surface area contributed by atoms with Gasteiger partial charge in [-0.1, -0.05) is 23.7 Å². The molecule has 1 amide bonds. The van der Waals surface area contributed by atoms with E-state index in [0.717, 1.165) is 5.56 Å². The number of hydrogen-bond donors (Lipinski definition) is 1. The van der Waals surface area contributed by atoms with E-state index in [0.29, 0.717) is 27.2 Å². The first-order chi connectivity index (χ1) is 12.9. The lowest BCUT2D eigenvalue weighted by Gasteiger charge is -2.08. The second kappa shape index (κ2) is 8.15. The van der Waals surface area contributed by atoms with Crippen molar-refractivity contribution in [2.75, 3.05) is 11.9 Å². The summed E-state index contributed by atoms with van der Waals surface area (Å²) in [4.78, 5) is 26.8. The van der Waals surface area contributed by atoms with Gasteiger partial charge in [0.1, 0.15) is 5.75 Å². The summed E-state index contributed by atoms with van der Waals surface area (Å²) in [5.41, 5.74) is 1.97. The first kappa shape index (κ1) is 18.8. The van der Waals surface area contributed by atoms with E-state index >= 15 is 0 Å². The van der Waals surface area contributed by atoms with Crippen LogP contribution >= 0.6 is 22.9 Å². The number of nitro benzene ring substituents is 1. The molecule has 0 saturated heterocycles. The van der Waals surface area contributed by atoms with Crippen LogP contribution in [-0.2, 0) is 4.79 Å². The van der Waals surface area contributed by atoms with Crippen molar-refractivity contribution in [2.24, 2.45) is 0 Å². The van der Waals surface area contributed by atoms with Crippen LogP contribution in [0.4, 0.5) is 10.8 Å². The van der Waals surface area contributed by atoms with Crippen molar-refractivity contribution in [2.45, 2.75) is 6.92 Å². The maximum atomic E-state index is 12.1. The average Bonchev–Trinajstić information content (AvgIpc) is 3.09. The van der Waals surface area contributed by atoms with Crippen LogP contribution in [0.15, 0.2) is 47.8 Å². The number of ether oxygens (including phenoxy) is 1. The molecule has 138 valence electrons. The van der Waals surface area contributed by atoms with Crippen LogP contribution in [0.3, 0.4) is 0 Å². The van der Waals surface area contributed by atoms with E-state index < -0.39 is 4.92 Å². The number of benzene rings is 2. The predicted octanol–water partition coefficient (Wildman–Crippen LogP) is 4.70. The van der Waals surface area contributed by atoms with Crippen LogP contribution in [-0.4, -0.2) is 22.4 Å². The number of hydrogen-bond acceptors (Lipinski definition) is 6. The Labute approximate surface area is 163 Å². The van der Waals surface area contributed by atoms with Gasteiger partial charge < -0.3 is 4.74 Å². The molecule has 1 heterocycles. The molecule has 27 heavy (non-hydrogen) atoms. The number of anilines is 1. The number of carbonyl (C=O) groups excluding carboxylic acids is 1. The Kier molecular flexibility index (Phi) is 5.68. The smallest absolute Gasteiger partial charge is 0.270 e. The van der Waals surface area contributed by atoms with Gasteiger partial charge in [-0.2, -0.15) is 0 Å². The molecule has 1 N–H and O–H groups in total. The number of thiazole rings is 1. The molecule has 0 saturated carbocycles. The third-order valence-electron chi connectivity index (χ3n) is 3.60. The first-order valence-corrected chi connectivity index (χ1v) is 9.07. The molecule has 0 aliphatic carbocycles. The summed E-state index contributed by atoms with van der Waals surface area (Å²) >= 11 is 7.12. The van der Waals surface area contributed by atoms with E-state index in [1.165, 1.54) is 23.5 Å². The lowest BCUT2D eigenvalue weighted by atomic mass is 10.1. The monoisotopic (exact) mass is 403 g/mol. The molecule has 0 unspecified atom stereocenters. The van der Waals surface area contributed by atoms with Crippen LogP contribution in [0.1, 0.15) is 5.56 Å². The van der Waals surface area contributed by atoms with Crippen molar-refractivity contribution in [3.8, 4) is 17.0 Å². The highest BCUT2D eigenvalue weighted by molar-refractivity contribution is 7.14. The third-order valence-corrected chi connectivity index (χ3v) is 4.59. The number of nitrogens with zero attached hydrogens (tertiary/aromatic N) is 2. The highest BCUT2D eigenvalue weighted by Crippen LogP contribution is 2.27. The van der Waals surface area contributed by atoms with Gasteiger partial charge in [0.05, 0.1) is 10.6 Å². The van der Waals surface area contributed by atoms with Crippen LogP contribution < -0.4 is 10.1 Å². The number of amides is 1. The average molecular weight is 404 g/mol. The molecule has 0 aliphatic heterocycles. The quantitative estimate of drug-likeness (QED) is 0.475. The molecular formula is C18H14ClN3O4S. The van der Waals surface area contributed by atoms with Gasteiger partial charge in [-0.3, -0.25) is 20.2 Å². The summed E-state index contributed by atoms with van der Waals surface area (Å²) < 4.78 is 5.49. The maximum Gasteiger partial charge on any atom is 0.270 e. The molecule has 0 atom stereocenters. The molecule has 0 bridgehead atoms. The Balaban J connectivity index is 1.62. The number of halogens is 1. The van der Waals surface area contributed by atoms with Gasteiger partial charge in [0.15, 0.2) is 11.7 Å². The second-order valence-electron chi connectivity index (χ2n) is 5.59. The zero-order chi connectivity index (χ0) is 19.4. The highest BCUT2D eigenvalue weighted by atomic mass is 35.5. The Morgan fingerprint density at radius 3 is 2.89 bits per heavy atom. The third kappa shape index (κ3) is 4.81.